The average molecular weight is 206 g/mol. The molecule has 1 aliphatic carbocycles. The van der Waals surface area contributed by atoms with Crippen LogP contribution in [0.3, 0.4) is 0 Å². The second kappa shape index (κ2) is 5.92. The minimum atomic E-state index is 0.207. The Morgan fingerprint density at radius 3 is 2.80 bits per heavy atom. The van der Waals surface area contributed by atoms with Gasteiger partial charge in [0.1, 0.15) is 0 Å². The largest absolute Gasteiger partial charge is 0.373 e. The fraction of sp³-hybridized carbons (Fsp3) is 0.571. The van der Waals surface area contributed by atoms with Crippen LogP contribution in [0.25, 0.3) is 0 Å². The molecule has 15 heavy (non-hydrogen) atoms. The SMILES string of the molecule is C=CC1=CC=C(C)C(C)C1OCCCC. The monoisotopic (exact) mass is 206 g/mol. The number of unbranched alkanes of at least 4 members (excludes halogenated alkanes) is 1. The third kappa shape index (κ3) is 3.07. The molecule has 0 N–H and O–H groups in total. The molecule has 0 bridgehead atoms. The number of allylic oxidation sites excluding steroid dienone is 2. The molecule has 1 rings (SSSR count). The topological polar surface area (TPSA) is 9.23 Å². The van der Waals surface area contributed by atoms with Gasteiger partial charge < -0.3 is 4.74 Å². The van der Waals surface area contributed by atoms with E-state index < -0.39 is 0 Å². The van der Waals surface area contributed by atoms with Crippen molar-refractivity contribution in [1.29, 1.82) is 0 Å². The lowest BCUT2D eigenvalue weighted by Gasteiger charge is -2.29. The molecular formula is C14H22O. The molecule has 0 fully saturated rings. The van der Waals surface area contributed by atoms with Crippen LogP contribution in [0.5, 0.6) is 0 Å². The van der Waals surface area contributed by atoms with Crippen molar-refractivity contribution in [1.82, 2.24) is 0 Å². The molecule has 0 saturated heterocycles. The summed E-state index contributed by atoms with van der Waals surface area (Å²) in [6.45, 7) is 11.3. The van der Waals surface area contributed by atoms with Crippen LogP contribution in [0.15, 0.2) is 36.0 Å². The minimum absolute atomic E-state index is 0.207. The van der Waals surface area contributed by atoms with E-state index in [1.165, 1.54) is 17.6 Å². The lowest BCUT2D eigenvalue weighted by molar-refractivity contribution is 0.0512. The van der Waals surface area contributed by atoms with Gasteiger partial charge in [-0.25, -0.2) is 0 Å². The van der Waals surface area contributed by atoms with Gasteiger partial charge in [0.15, 0.2) is 0 Å². The third-order valence-electron chi connectivity index (χ3n) is 3.07. The van der Waals surface area contributed by atoms with E-state index in [1.54, 1.807) is 0 Å². The fourth-order valence-electron chi connectivity index (χ4n) is 1.78. The van der Waals surface area contributed by atoms with Gasteiger partial charge in [-0.15, -0.1) is 0 Å². The Bertz CT molecular complexity index is 273. The summed E-state index contributed by atoms with van der Waals surface area (Å²) in [6, 6.07) is 0. The first-order valence-electron chi connectivity index (χ1n) is 5.83. The summed E-state index contributed by atoms with van der Waals surface area (Å²) < 4.78 is 5.93. The van der Waals surface area contributed by atoms with Crippen molar-refractivity contribution in [3.8, 4) is 0 Å². The maximum absolute atomic E-state index is 5.93. The second-order valence-corrected chi connectivity index (χ2v) is 4.22. The highest BCUT2D eigenvalue weighted by Gasteiger charge is 2.24. The molecule has 0 aromatic heterocycles. The van der Waals surface area contributed by atoms with Crippen LogP contribution in [0.2, 0.25) is 0 Å². The molecule has 1 aliphatic rings. The number of hydrogen-bond donors (Lipinski definition) is 0. The molecule has 84 valence electrons. The van der Waals surface area contributed by atoms with Crippen molar-refractivity contribution in [3.05, 3.63) is 36.0 Å². The van der Waals surface area contributed by atoms with E-state index in [9.17, 15) is 0 Å². The summed E-state index contributed by atoms with van der Waals surface area (Å²) in [6.07, 6.45) is 8.73. The van der Waals surface area contributed by atoms with E-state index in [0.29, 0.717) is 5.92 Å². The van der Waals surface area contributed by atoms with E-state index in [2.05, 4.69) is 39.5 Å². The van der Waals surface area contributed by atoms with Gasteiger partial charge in [0.25, 0.3) is 0 Å². The van der Waals surface area contributed by atoms with Gasteiger partial charge in [-0.05, 0) is 18.9 Å². The highest BCUT2D eigenvalue weighted by molar-refractivity contribution is 5.35. The van der Waals surface area contributed by atoms with Gasteiger partial charge >= 0.3 is 0 Å². The van der Waals surface area contributed by atoms with Crippen LogP contribution in [0.4, 0.5) is 0 Å². The first-order chi connectivity index (χ1) is 7.20. The Morgan fingerprint density at radius 2 is 2.20 bits per heavy atom. The number of ether oxygens (including phenoxy) is 1. The van der Waals surface area contributed by atoms with Crippen LogP contribution in [0, 0.1) is 5.92 Å². The Morgan fingerprint density at radius 1 is 1.47 bits per heavy atom. The van der Waals surface area contributed by atoms with Crippen LogP contribution in [-0.4, -0.2) is 12.7 Å². The van der Waals surface area contributed by atoms with Crippen LogP contribution in [0.1, 0.15) is 33.6 Å². The average Bonchev–Trinajstić information content (AvgIpc) is 2.25. The van der Waals surface area contributed by atoms with E-state index in [4.69, 9.17) is 4.74 Å². The molecule has 2 atom stereocenters. The lowest BCUT2D eigenvalue weighted by Crippen LogP contribution is -2.27. The van der Waals surface area contributed by atoms with Crippen molar-refractivity contribution in [2.45, 2.75) is 39.7 Å². The zero-order valence-electron chi connectivity index (χ0n) is 10.1. The molecule has 0 amide bonds. The lowest BCUT2D eigenvalue weighted by atomic mass is 9.86. The highest BCUT2D eigenvalue weighted by atomic mass is 16.5. The summed E-state index contributed by atoms with van der Waals surface area (Å²) in [4.78, 5) is 0. The van der Waals surface area contributed by atoms with Crippen LogP contribution < -0.4 is 0 Å². The summed E-state index contributed by atoms with van der Waals surface area (Å²) in [5.41, 5.74) is 2.60. The minimum Gasteiger partial charge on any atom is -0.373 e. The van der Waals surface area contributed by atoms with Gasteiger partial charge in [-0.2, -0.15) is 0 Å². The third-order valence-corrected chi connectivity index (χ3v) is 3.07. The summed E-state index contributed by atoms with van der Waals surface area (Å²) >= 11 is 0. The molecule has 0 heterocycles. The first-order valence-corrected chi connectivity index (χ1v) is 5.83. The molecule has 0 saturated carbocycles. The van der Waals surface area contributed by atoms with E-state index >= 15 is 0 Å². The molecular weight excluding hydrogens is 184 g/mol. The maximum atomic E-state index is 5.93. The number of hydrogen-bond acceptors (Lipinski definition) is 1. The Balaban J connectivity index is 2.64. The zero-order chi connectivity index (χ0) is 11.3. The Kier molecular flexibility index (Phi) is 4.83. The Labute approximate surface area is 93.5 Å². The molecule has 0 aromatic rings. The number of rotatable bonds is 5. The first kappa shape index (κ1) is 12.3. The van der Waals surface area contributed by atoms with Crippen LogP contribution >= 0.6 is 0 Å². The molecule has 1 nitrogen and oxygen atoms in total. The molecule has 1 heteroatoms. The van der Waals surface area contributed by atoms with Gasteiger partial charge in [-0.3, -0.25) is 0 Å². The Hall–Kier alpha value is -0.820. The maximum Gasteiger partial charge on any atom is 0.0887 e. The van der Waals surface area contributed by atoms with E-state index in [1.807, 2.05) is 6.08 Å². The van der Waals surface area contributed by atoms with Crippen molar-refractivity contribution in [2.24, 2.45) is 5.92 Å². The van der Waals surface area contributed by atoms with Crippen molar-refractivity contribution in [3.63, 3.8) is 0 Å². The molecule has 0 aliphatic heterocycles. The van der Waals surface area contributed by atoms with Gasteiger partial charge in [0, 0.05) is 12.5 Å². The summed E-state index contributed by atoms with van der Waals surface area (Å²) in [5.74, 6) is 0.472. The smallest absolute Gasteiger partial charge is 0.0887 e. The molecule has 0 spiro atoms. The van der Waals surface area contributed by atoms with Crippen molar-refractivity contribution < 1.29 is 4.74 Å². The second-order valence-electron chi connectivity index (χ2n) is 4.22. The molecule has 0 aromatic carbocycles. The standard InChI is InChI=1S/C14H22O/c1-5-7-10-15-14-12(4)11(3)8-9-13(14)6-2/h6,8-9,12,14H,2,5,7,10H2,1,3-4H3. The highest BCUT2D eigenvalue weighted by Crippen LogP contribution is 2.28. The predicted octanol–water partition coefficient (Wildman–Crippen LogP) is 3.88. The summed E-state index contributed by atoms with van der Waals surface area (Å²) in [5, 5.41) is 0. The van der Waals surface area contributed by atoms with Crippen LogP contribution in [-0.2, 0) is 4.74 Å². The molecule has 0 radical (unpaired) electrons. The summed E-state index contributed by atoms with van der Waals surface area (Å²) in [7, 11) is 0. The van der Waals surface area contributed by atoms with E-state index in [-0.39, 0.29) is 6.10 Å². The van der Waals surface area contributed by atoms with Gasteiger partial charge in [-0.1, -0.05) is 50.6 Å². The normalized spacial score (nSPS) is 25.8. The fourth-order valence-corrected chi connectivity index (χ4v) is 1.78. The van der Waals surface area contributed by atoms with Gasteiger partial charge in [0.05, 0.1) is 6.10 Å². The quantitative estimate of drug-likeness (QED) is 0.620. The predicted molar refractivity (Wildman–Crippen MR) is 65.8 cm³/mol. The van der Waals surface area contributed by atoms with Gasteiger partial charge in [0.2, 0.25) is 0 Å². The zero-order valence-corrected chi connectivity index (χ0v) is 10.1. The van der Waals surface area contributed by atoms with Crippen molar-refractivity contribution in [2.75, 3.05) is 6.61 Å². The molecule has 2 unspecified atom stereocenters. The van der Waals surface area contributed by atoms with Crippen molar-refractivity contribution >= 4 is 0 Å². The van der Waals surface area contributed by atoms with E-state index in [0.717, 1.165) is 13.0 Å².